The van der Waals surface area contributed by atoms with Crippen LogP contribution in [0.2, 0.25) is 0 Å². The molecular weight excluding hydrogens is 292 g/mol. The Labute approximate surface area is 135 Å². The zero-order valence-electron chi connectivity index (χ0n) is 12.9. The van der Waals surface area contributed by atoms with Crippen LogP contribution in [0, 0.1) is 22.7 Å². The Kier molecular flexibility index (Phi) is 5.71. The van der Waals surface area contributed by atoms with Crippen molar-refractivity contribution in [3.8, 4) is 12.1 Å². The third-order valence-electron chi connectivity index (χ3n) is 3.75. The fourth-order valence-corrected chi connectivity index (χ4v) is 2.60. The largest absolute Gasteiger partial charge is 0.337 e. The summed E-state index contributed by atoms with van der Waals surface area (Å²) in [5, 5.41) is 17.4. The summed E-state index contributed by atoms with van der Waals surface area (Å²) in [5.74, 6) is -0.149. The van der Waals surface area contributed by atoms with Crippen LogP contribution in [0.3, 0.4) is 0 Å². The fraction of sp³-hybridized carbons (Fsp3) is 0.412. The summed E-state index contributed by atoms with van der Waals surface area (Å²) in [6.45, 7) is 1.26. The van der Waals surface area contributed by atoms with Gasteiger partial charge in [0, 0.05) is 37.3 Å². The van der Waals surface area contributed by atoms with Gasteiger partial charge in [-0.1, -0.05) is 6.07 Å². The van der Waals surface area contributed by atoms with Crippen molar-refractivity contribution in [2.45, 2.75) is 25.7 Å². The van der Waals surface area contributed by atoms with Crippen LogP contribution in [0.25, 0.3) is 0 Å². The van der Waals surface area contributed by atoms with E-state index < -0.39 is 0 Å². The van der Waals surface area contributed by atoms with Crippen LogP contribution in [0.5, 0.6) is 0 Å². The topological polar surface area (TPSA) is 88.2 Å². The standard InChI is InChI=1S/C17H18N4O2/c18-8-3-10-20(11-4-9-19)17(23)14-5-1-6-15(13-14)21-12-2-7-16(21)22/h1,5-6,13H,2-4,7,10-12H2. The molecule has 23 heavy (non-hydrogen) atoms. The molecule has 1 aromatic rings. The summed E-state index contributed by atoms with van der Waals surface area (Å²) in [7, 11) is 0. The number of benzene rings is 1. The lowest BCUT2D eigenvalue weighted by atomic mass is 10.1. The number of anilines is 1. The van der Waals surface area contributed by atoms with Crippen LogP contribution < -0.4 is 4.90 Å². The van der Waals surface area contributed by atoms with Crippen molar-refractivity contribution in [3.05, 3.63) is 29.8 Å². The molecule has 1 saturated heterocycles. The zero-order chi connectivity index (χ0) is 16.7. The minimum Gasteiger partial charge on any atom is -0.337 e. The molecule has 0 aliphatic carbocycles. The summed E-state index contributed by atoms with van der Waals surface area (Å²) < 4.78 is 0. The third kappa shape index (κ3) is 4.08. The summed E-state index contributed by atoms with van der Waals surface area (Å²) in [4.78, 5) is 27.6. The van der Waals surface area contributed by atoms with E-state index in [9.17, 15) is 9.59 Å². The lowest BCUT2D eigenvalue weighted by Crippen LogP contribution is -2.33. The average Bonchev–Trinajstić information content (AvgIpc) is 3.00. The minimum absolute atomic E-state index is 0.0698. The highest BCUT2D eigenvalue weighted by molar-refractivity contribution is 5.99. The van der Waals surface area contributed by atoms with Gasteiger partial charge in [0.2, 0.25) is 5.91 Å². The maximum atomic E-state index is 12.6. The van der Waals surface area contributed by atoms with Crippen molar-refractivity contribution in [2.75, 3.05) is 24.5 Å². The van der Waals surface area contributed by atoms with E-state index in [1.54, 1.807) is 23.1 Å². The Hall–Kier alpha value is -2.86. The minimum atomic E-state index is -0.219. The molecule has 6 heteroatoms. The Bertz CT molecular complexity index is 654. The van der Waals surface area contributed by atoms with E-state index in [1.807, 2.05) is 18.2 Å². The van der Waals surface area contributed by atoms with E-state index >= 15 is 0 Å². The molecule has 0 unspecified atom stereocenters. The molecule has 2 amide bonds. The van der Waals surface area contributed by atoms with Gasteiger partial charge in [0.1, 0.15) is 0 Å². The van der Waals surface area contributed by atoms with Gasteiger partial charge in [0.15, 0.2) is 0 Å². The van der Waals surface area contributed by atoms with Gasteiger partial charge in [-0.05, 0) is 24.6 Å². The van der Waals surface area contributed by atoms with Gasteiger partial charge in [-0.25, -0.2) is 0 Å². The molecule has 118 valence electrons. The van der Waals surface area contributed by atoms with Crippen molar-refractivity contribution < 1.29 is 9.59 Å². The molecule has 2 rings (SSSR count). The fourth-order valence-electron chi connectivity index (χ4n) is 2.60. The van der Waals surface area contributed by atoms with Gasteiger partial charge >= 0.3 is 0 Å². The number of carbonyl (C=O) groups excluding carboxylic acids is 2. The van der Waals surface area contributed by atoms with Crippen LogP contribution in [0.15, 0.2) is 24.3 Å². The Balaban J connectivity index is 2.18. The van der Waals surface area contributed by atoms with E-state index in [4.69, 9.17) is 10.5 Å². The van der Waals surface area contributed by atoms with Crippen molar-refractivity contribution in [2.24, 2.45) is 0 Å². The quantitative estimate of drug-likeness (QED) is 0.804. The van der Waals surface area contributed by atoms with Gasteiger partial charge in [-0.15, -0.1) is 0 Å². The molecule has 1 aromatic carbocycles. The number of carbonyl (C=O) groups is 2. The van der Waals surface area contributed by atoms with Crippen LogP contribution in [-0.2, 0) is 4.79 Å². The molecule has 1 aliphatic heterocycles. The first-order valence-electron chi connectivity index (χ1n) is 7.61. The number of hydrogen-bond acceptors (Lipinski definition) is 4. The lowest BCUT2D eigenvalue weighted by Gasteiger charge is -2.22. The first-order valence-corrected chi connectivity index (χ1v) is 7.61. The summed E-state index contributed by atoms with van der Waals surface area (Å²) in [6, 6.07) is 11.0. The van der Waals surface area contributed by atoms with Crippen LogP contribution >= 0.6 is 0 Å². The summed E-state index contributed by atoms with van der Waals surface area (Å²) >= 11 is 0. The summed E-state index contributed by atoms with van der Waals surface area (Å²) in [5.41, 5.74) is 1.19. The molecule has 1 aliphatic rings. The maximum absolute atomic E-state index is 12.6. The van der Waals surface area contributed by atoms with E-state index in [0.717, 1.165) is 12.1 Å². The highest BCUT2D eigenvalue weighted by atomic mass is 16.2. The molecule has 0 aromatic heterocycles. The number of rotatable bonds is 6. The van der Waals surface area contributed by atoms with Crippen LogP contribution in [0.4, 0.5) is 5.69 Å². The normalized spacial score (nSPS) is 13.5. The molecular formula is C17H18N4O2. The van der Waals surface area contributed by atoms with Gasteiger partial charge in [-0.3, -0.25) is 9.59 Å². The predicted molar refractivity (Wildman–Crippen MR) is 84.4 cm³/mol. The van der Waals surface area contributed by atoms with E-state index in [1.165, 1.54) is 4.90 Å². The SMILES string of the molecule is N#CCCN(CCC#N)C(=O)c1cccc(N2CCCC2=O)c1. The lowest BCUT2D eigenvalue weighted by molar-refractivity contribution is -0.117. The van der Waals surface area contributed by atoms with Crippen molar-refractivity contribution in [1.29, 1.82) is 10.5 Å². The van der Waals surface area contributed by atoms with Crippen molar-refractivity contribution >= 4 is 17.5 Å². The average molecular weight is 310 g/mol. The molecule has 0 spiro atoms. The number of amides is 2. The van der Waals surface area contributed by atoms with Crippen molar-refractivity contribution in [3.63, 3.8) is 0 Å². The summed E-state index contributed by atoms with van der Waals surface area (Å²) in [6.07, 6.45) is 1.81. The highest BCUT2D eigenvalue weighted by Crippen LogP contribution is 2.23. The molecule has 0 bridgehead atoms. The van der Waals surface area contributed by atoms with Gasteiger partial charge in [0.05, 0.1) is 25.0 Å². The number of nitrogens with zero attached hydrogens (tertiary/aromatic N) is 4. The third-order valence-corrected chi connectivity index (χ3v) is 3.75. The highest BCUT2D eigenvalue weighted by Gasteiger charge is 2.23. The second kappa shape index (κ2) is 7.95. The first kappa shape index (κ1) is 16.5. The number of nitriles is 2. The smallest absolute Gasteiger partial charge is 0.253 e. The molecule has 0 saturated carbocycles. The molecule has 0 atom stereocenters. The second-order valence-electron chi connectivity index (χ2n) is 5.31. The van der Waals surface area contributed by atoms with Gasteiger partial charge in [0.25, 0.3) is 5.91 Å². The van der Waals surface area contributed by atoms with Crippen LogP contribution in [-0.4, -0.2) is 36.3 Å². The Morgan fingerprint density at radius 1 is 1.22 bits per heavy atom. The second-order valence-corrected chi connectivity index (χ2v) is 5.31. The maximum Gasteiger partial charge on any atom is 0.253 e. The van der Waals surface area contributed by atoms with E-state index in [2.05, 4.69) is 0 Å². The molecule has 6 nitrogen and oxygen atoms in total. The van der Waals surface area contributed by atoms with Gasteiger partial charge in [-0.2, -0.15) is 10.5 Å². The molecule has 1 fully saturated rings. The number of hydrogen-bond donors (Lipinski definition) is 0. The predicted octanol–water partition coefficient (Wildman–Crippen LogP) is 2.08. The van der Waals surface area contributed by atoms with E-state index in [-0.39, 0.29) is 24.7 Å². The van der Waals surface area contributed by atoms with Gasteiger partial charge < -0.3 is 9.80 Å². The van der Waals surface area contributed by atoms with E-state index in [0.29, 0.717) is 31.6 Å². The monoisotopic (exact) mass is 310 g/mol. The van der Waals surface area contributed by atoms with Crippen molar-refractivity contribution in [1.82, 2.24) is 4.90 Å². The Morgan fingerprint density at radius 2 is 1.91 bits per heavy atom. The zero-order valence-corrected chi connectivity index (χ0v) is 12.9. The first-order chi connectivity index (χ1) is 11.2. The Morgan fingerprint density at radius 3 is 2.48 bits per heavy atom. The molecule has 1 heterocycles. The van der Waals surface area contributed by atoms with Crippen LogP contribution in [0.1, 0.15) is 36.0 Å². The molecule has 0 N–H and O–H groups in total. The molecule has 0 radical (unpaired) electrons.